The van der Waals surface area contributed by atoms with Crippen LogP contribution in [0.1, 0.15) is 0 Å². The van der Waals surface area contributed by atoms with Crippen molar-refractivity contribution in [1.29, 1.82) is 0 Å². The summed E-state index contributed by atoms with van der Waals surface area (Å²) in [6, 6.07) is 25.3. The van der Waals surface area contributed by atoms with Crippen molar-refractivity contribution in [3.63, 3.8) is 0 Å². The van der Waals surface area contributed by atoms with Crippen LogP contribution in [0.15, 0.2) is 82.2 Å². The van der Waals surface area contributed by atoms with Crippen molar-refractivity contribution >= 4 is 51.2 Å². The molecule has 24 heavy (non-hydrogen) atoms. The highest BCUT2D eigenvalue weighted by Crippen LogP contribution is 2.48. The van der Waals surface area contributed by atoms with E-state index in [0.29, 0.717) is 0 Å². The predicted octanol–water partition coefficient (Wildman–Crippen LogP) is 7.86. The number of hydrogen-bond donors (Lipinski definition) is 1. The molecule has 0 aliphatic rings. The highest BCUT2D eigenvalue weighted by atomic mass is 79.9. The topological polar surface area (TPSA) is 0 Å². The monoisotopic (exact) mass is 428 g/mol. The Morgan fingerprint density at radius 2 is 1.17 bits per heavy atom. The van der Waals surface area contributed by atoms with Gasteiger partial charge in [-0.3, -0.25) is 0 Å². The first-order valence-electron chi connectivity index (χ1n) is 7.46. The van der Waals surface area contributed by atoms with Crippen LogP contribution in [0.2, 0.25) is 0 Å². The van der Waals surface area contributed by atoms with Gasteiger partial charge in [0.1, 0.15) is 0 Å². The van der Waals surface area contributed by atoms with Crippen LogP contribution >= 0.6 is 51.2 Å². The van der Waals surface area contributed by atoms with Crippen LogP contribution in [0.4, 0.5) is 0 Å². The summed E-state index contributed by atoms with van der Waals surface area (Å²) in [6.45, 7) is 0. The van der Waals surface area contributed by atoms with E-state index in [1.807, 2.05) is 12.1 Å². The highest BCUT2D eigenvalue weighted by Gasteiger charge is 2.16. The van der Waals surface area contributed by atoms with Crippen molar-refractivity contribution < 1.29 is 0 Å². The molecule has 4 aromatic rings. The molecule has 0 bridgehead atoms. The number of thiophene rings is 2. The smallest absolute Gasteiger partial charge is 0.0602 e. The second kappa shape index (κ2) is 6.89. The van der Waals surface area contributed by atoms with Crippen LogP contribution in [0.3, 0.4) is 0 Å². The third kappa shape index (κ3) is 3.11. The molecule has 0 saturated heterocycles. The Hall–Kier alpha value is -1.33. The third-order valence-corrected chi connectivity index (χ3v) is 7.65. The minimum absolute atomic E-state index is 1.03. The molecule has 0 fully saturated rings. The minimum Gasteiger partial charge on any atom is -0.142 e. The Kier molecular flexibility index (Phi) is 4.63. The maximum atomic E-state index is 4.72. The van der Waals surface area contributed by atoms with Crippen LogP contribution in [0.5, 0.6) is 0 Å². The molecule has 0 aliphatic heterocycles. The Labute approximate surface area is 163 Å². The Balaban J connectivity index is 1.78. The van der Waals surface area contributed by atoms with Crippen LogP contribution in [-0.2, 0) is 0 Å². The van der Waals surface area contributed by atoms with Crippen LogP contribution < -0.4 is 0 Å². The largest absolute Gasteiger partial charge is 0.142 e. The fourth-order valence-corrected chi connectivity index (χ4v) is 6.33. The van der Waals surface area contributed by atoms with Gasteiger partial charge in [0.15, 0.2) is 0 Å². The van der Waals surface area contributed by atoms with Crippen molar-refractivity contribution in [3.8, 4) is 30.6 Å². The molecule has 0 aliphatic carbocycles. The number of halogens is 1. The summed E-state index contributed by atoms with van der Waals surface area (Å²) in [5.74, 6) is 0. The van der Waals surface area contributed by atoms with Gasteiger partial charge in [0, 0.05) is 19.1 Å². The zero-order chi connectivity index (χ0) is 16.5. The predicted molar refractivity (Wildman–Crippen MR) is 113 cm³/mol. The van der Waals surface area contributed by atoms with Gasteiger partial charge in [-0.25, -0.2) is 0 Å². The van der Waals surface area contributed by atoms with E-state index in [0.717, 1.165) is 9.37 Å². The zero-order valence-corrected chi connectivity index (χ0v) is 16.7. The number of hydrogen-bond acceptors (Lipinski definition) is 3. The van der Waals surface area contributed by atoms with Gasteiger partial charge in [0.05, 0.1) is 9.75 Å². The molecule has 0 nitrogen and oxygen atoms in total. The third-order valence-electron chi connectivity index (χ3n) is 3.72. The van der Waals surface area contributed by atoms with E-state index in [9.17, 15) is 0 Å². The first-order valence-corrected chi connectivity index (χ1v) is 10.3. The van der Waals surface area contributed by atoms with Gasteiger partial charge in [0.25, 0.3) is 0 Å². The van der Waals surface area contributed by atoms with E-state index in [4.69, 9.17) is 12.6 Å². The molecule has 0 atom stereocenters. The lowest BCUT2D eigenvalue weighted by molar-refractivity contribution is 1.59. The summed E-state index contributed by atoms with van der Waals surface area (Å²) in [5.41, 5.74) is 2.48. The summed E-state index contributed by atoms with van der Waals surface area (Å²) in [6.07, 6.45) is 0. The first-order chi connectivity index (χ1) is 11.7. The van der Waals surface area contributed by atoms with Crippen molar-refractivity contribution in [3.05, 3.63) is 77.3 Å². The van der Waals surface area contributed by atoms with E-state index in [1.54, 1.807) is 22.7 Å². The lowest BCUT2D eigenvalue weighted by Crippen LogP contribution is -1.67. The van der Waals surface area contributed by atoms with Crippen molar-refractivity contribution in [2.45, 2.75) is 4.90 Å². The zero-order valence-electron chi connectivity index (χ0n) is 12.6. The molecule has 0 unspecified atom stereocenters. The maximum absolute atomic E-state index is 4.72. The molecular formula is C20H13BrS3. The van der Waals surface area contributed by atoms with Gasteiger partial charge in [-0.05, 0) is 39.2 Å². The molecule has 4 heteroatoms. The van der Waals surface area contributed by atoms with Gasteiger partial charge >= 0.3 is 0 Å². The molecule has 0 amide bonds. The molecule has 2 heterocycles. The van der Waals surface area contributed by atoms with E-state index < -0.39 is 0 Å². The normalized spacial score (nSPS) is 10.9. The quantitative estimate of drug-likeness (QED) is 0.315. The van der Waals surface area contributed by atoms with Gasteiger partial charge < -0.3 is 0 Å². The standard InChI is InChI=1S/C20H13BrS3/c21-15-11-17(13-7-3-1-4-8-13)23-19(15)20-16(22)12-18(24-20)14-9-5-2-6-10-14/h1-12,22H. The second-order valence-corrected chi connectivity index (χ2v) is 8.79. The van der Waals surface area contributed by atoms with Crippen molar-refractivity contribution in [2.75, 3.05) is 0 Å². The van der Waals surface area contributed by atoms with E-state index in [2.05, 4.69) is 76.6 Å². The average Bonchev–Trinajstić information content (AvgIpc) is 3.19. The average molecular weight is 429 g/mol. The summed E-state index contributed by atoms with van der Waals surface area (Å²) < 4.78 is 1.13. The van der Waals surface area contributed by atoms with E-state index in [-0.39, 0.29) is 0 Å². The Bertz CT molecular complexity index is 887. The van der Waals surface area contributed by atoms with Crippen LogP contribution in [-0.4, -0.2) is 0 Å². The number of thiol groups is 1. The summed E-state index contributed by atoms with van der Waals surface area (Å²) in [4.78, 5) is 6.00. The Morgan fingerprint density at radius 1 is 0.667 bits per heavy atom. The molecular weight excluding hydrogens is 416 g/mol. The molecule has 0 N–H and O–H groups in total. The molecule has 0 radical (unpaired) electrons. The first kappa shape index (κ1) is 16.2. The Morgan fingerprint density at radius 3 is 1.75 bits per heavy atom. The van der Waals surface area contributed by atoms with E-state index >= 15 is 0 Å². The van der Waals surface area contributed by atoms with Crippen molar-refractivity contribution in [1.82, 2.24) is 0 Å². The van der Waals surface area contributed by atoms with Gasteiger partial charge in [-0.15, -0.1) is 35.3 Å². The molecule has 4 rings (SSSR count). The number of rotatable bonds is 3. The van der Waals surface area contributed by atoms with Gasteiger partial charge in [-0.2, -0.15) is 0 Å². The van der Waals surface area contributed by atoms with E-state index in [1.165, 1.54) is 30.6 Å². The fourth-order valence-electron chi connectivity index (χ4n) is 2.56. The minimum atomic E-state index is 1.03. The molecule has 118 valence electrons. The summed E-state index contributed by atoms with van der Waals surface area (Å²) >= 11 is 12.0. The van der Waals surface area contributed by atoms with Crippen LogP contribution in [0.25, 0.3) is 30.6 Å². The van der Waals surface area contributed by atoms with Gasteiger partial charge in [-0.1, -0.05) is 60.7 Å². The molecule has 2 aromatic carbocycles. The SMILES string of the molecule is Sc1cc(-c2ccccc2)sc1-c1sc(-c2ccccc2)cc1Br. The van der Waals surface area contributed by atoms with Crippen LogP contribution in [0, 0.1) is 0 Å². The maximum Gasteiger partial charge on any atom is 0.0602 e. The van der Waals surface area contributed by atoms with Gasteiger partial charge in [0.2, 0.25) is 0 Å². The molecule has 0 spiro atoms. The summed E-state index contributed by atoms with van der Waals surface area (Å²) in [7, 11) is 0. The summed E-state index contributed by atoms with van der Waals surface area (Å²) in [5, 5.41) is 0. The second-order valence-electron chi connectivity index (χ2n) is 5.34. The molecule has 0 saturated carbocycles. The van der Waals surface area contributed by atoms with Crippen molar-refractivity contribution in [2.24, 2.45) is 0 Å². The fraction of sp³-hybridized carbons (Fsp3) is 0. The lowest BCUT2D eigenvalue weighted by atomic mass is 10.2. The highest BCUT2D eigenvalue weighted by molar-refractivity contribution is 9.10. The number of benzene rings is 2. The lowest BCUT2D eigenvalue weighted by Gasteiger charge is -1.97. The molecule has 2 aromatic heterocycles.